The predicted molar refractivity (Wildman–Crippen MR) is 341 cm³/mol. The number of benzene rings is 1. The fraction of sp³-hybridized carbons (Fsp3) is 0.758. The third kappa shape index (κ3) is 17.1. The lowest BCUT2D eigenvalue weighted by Gasteiger charge is -2.45. The number of rotatable bonds is 10. The average molecular weight is 1320 g/mol. The van der Waals surface area contributed by atoms with Gasteiger partial charge in [-0.05, 0) is 119 Å². The zero-order valence-corrected chi connectivity index (χ0v) is 57.3. The van der Waals surface area contributed by atoms with Crippen molar-refractivity contribution in [3.05, 3.63) is 34.3 Å². The topological polar surface area (TPSA) is 253 Å². The molecule has 1 spiro atoms. The Bertz CT molecular complexity index is 2840. The van der Waals surface area contributed by atoms with E-state index in [0.29, 0.717) is 50.5 Å². The summed E-state index contributed by atoms with van der Waals surface area (Å²) < 4.78 is 41.4. The fourth-order valence-corrected chi connectivity index (χ4v) is 14.4. The van der Waals surface area contributed by atoms with Crippen LogP contribution >= 0.6 is 11.6 Å². The highest BCUT2D eigenvalue weighted by atomic mass is 35.5. The summed E-state index contributed by atoms with van der Waals surface area (Å²) in [6.07, 6.45) is -0.369. The molecule has 12 atom stereocenters. The molecule has 0 aromatic heterocycles. The van der Waals surface area contributed by atoms with E-state index in [2.05, 4.69) is 16.0 Å². The monoisotopic (exact) mass is 1320 g/mol. The second kappa shape index (κ2) is 31.9. The lowest BCUT2D eigenvalue weighted by Crippen LogP contribution is -2.65. The summed E-state index contributed by atoms with van der Waals surface area (Å²) in [5.74, 6) is -6.64. The molecule has 0 radical (unpaired) electrons. The van der Waals surface area contributed by atoms with Gasteiger partial charge < -0.3 is 54.9 Å². The molecule has 1 aromatic carbocycles. The number of hydrogen-bond donors (Lipinski definition) is 4. The van der Waals surface area contributed by atoms with Gasteiger partial charge in [-0.2, -0.15) is 13.2 Å². The van der Waals surface area contributed by atoms with Crippen molar-refractivity contribution in [1.82, 2.24) is 55.1 Å². The molecule has 5 aliphatic rings. The van der Waals surface area contributed by atoms with E-state index in [-0.39, 0.29) is 76.3 Å². The smallest absolute Gasteiger partial charge is 0.377 e. The molecule has 3 saturated heterocycles. The predicted octanol–water partition coefficient (Wildman–Crippen LogP) is 5.44. The number of carbonyl (C=O) groups excluding carboxylic acids is 10. The van der Waals surface area contributed by atoms with Crippen molar-refractivity contribution in [3.63, 3.8) is 0 Å². The first-order chi connectivity index (χ1) is 43.1. The third-order valence-corrected chi connectivity index (χ3v) is 21.0. The molecule has 1 aromatic rings. The second-order valence-corrected chi connectivity index (χ2v) is 27.9. The van der Waals surface area contributed by atoms with Gasteiger partial charge >= 0.3 is 6.18 Å². The quantitative estimate of drug-likeness (QED) is 0.229. The molecule has 10 amide bonds. The Balaban J connectivity index is 1.39. The summed E-state index contributed by atoms with van der Waals surface area (Å²) in [6, 6.07) is -6.30. The van der Waals surface area contributed by atoms with Crippen LogP contribution in [0.1, 0.15) is 169 Å². The van der Waals surface area contributed by atoms with Gasteiger partial charge in [-0.15, -0.1) is 0 Å². The van der Waals surface area contributed by atoms with E-state index < -0.39 is 160 Å². The minimum absolute atomic E-state index is 0.0208. The van der Waals surface area contributed by atoms with Crippen LogP contribution in [-0.4, -0.2) is 231 Å². The Labute approximate surface area is 546 Å². The summed E-state index contributed by atoms with van der Waals surface area (Å²) in [4.78, 5) is 159. The number of alkyl halides is 3. The van der Waals surface area contributed by atoms with Gasteiger partial charge in [0.2, 0.25) is 59.1 Å². The summed E-state index contributed by atoms with van der Waals surface area (Å²) >= 11 is 6.14. The first kappa shape index (κ1) is 75.0. The van der Waals surface area contributed by atoms with Gasteiger partial charge in [0, 0.05) is 67.8 Å². The Hall–Kier alpha value is -6.08. The number of carbonyl (C=O) groups is 10. The van der Waals surface area contributed by atoms with Gasteiger partial charge in [0.1, 0.15) is 54.1 Å². The number of nitrogens with one attached hydrogen (secondary N) is 3. The van der Waals surface area contributed by atoms with E-state index >= 15 is 9.59 Å². The van der Waals surface area contributed by atoms with E-state index in [9.17, 15) is 56.6 Å². The van der Waals surface area contributed by atoms with E-state index in [1.807, 2.05) is 34.6 Å². The van der Waals surface area contributed by atoms with Gasteiger partial charge in [0.05, 0.1) is 23.2 Å². The number of β-amino-alcohol motifs (C(OH)–C–C–N with tert-alkyl or cyclic N) is 1. The van der Waals surface area contributed by atoms with Gasteiger partial charge in [0.25, 0.3) is 0 Å². The van der Waals surface area contributed by atoms with E-state index in [4.69, 9.17) is 11.6 Å². The van der Waals surface area contributed by atoms with Crippen molar-refractivity contribution in [3.8, 4) is 0 Å². The summed E-state index contributed by atoms with van der Waals surface area (Å²) in [5.41, 5.74) is -2.19. The summed E-state index contributed by atoms with van der Waals surface area (Å²) in [7, 11) is 8.99. The average Bonchev–Trinajstić information content (AvgIpc) is 1.30. The number of hydrogen-bond acceptors (Lipinski definition) is 12. The van der Waals surface area contributed by atoms with Crippen LogP contribution in [-0.2, 0) is 60.5 Å². The Kier molecular flexibility index (Phi) is 26.0. The van der Waals surface area contributed by atoms with Crippen molar-refractivity contribution in [1.29, 1.82) is 0 Å². The van der Waals surface area contributed by atoms with Crippen LogP contribution in [0.3, 0.4) is 0 Å². The van der Waals surface area contributed by atoms with Crippen molar-refractivity contribution in [2.75, 3.05) is 61.9 Å². The molecule has 4 N–H and O–H groups in total. The minimum Gasteiger partial charge on any atom is -0.377 e. The number of likely N-dealkylation sites (N-methyl/N-ethyl adjacent to an activating group) is 6. The molecule has 92 heavy (non-hydrogen) atoms. The zero-order chi connectivity index (χ0) is 68.6. The zero-order valence-electron chi connectivity index (χ0n) is 56.6. The lowest BCUT2D eigenvalue weighted by molar-refractivity contribution is -0.161. The minimum atomic E-state index is -4.73. The maximum absolute atomic E-state index is 15.2. The van der Waals surface area contributed by atoms with Gasteiger partial charge in [-0.1, -0.05) is 97.7 Å². The van der Waals surface area contributed by atoms with Gasteiger partial charge in [0.15, 0.2) is 0 Å². The first-order valence-electron chi connectivity index (χ1n) is 33.2. The Morgan fingerprint density at radius 3 is 1.86 bits per heavy atom. The maximum Gasteiger partial charge on any atom is 0.417 e. The number of halogens is 4. The number of aliphatic hydroxyl groups is 1. The SMILES string of the molecule is CC[C@H](C)C1C(=O)N(C)[C@H](C)CC(=O)N(C)[C@@H](CC(C)C)C(=O)N[C@@H]([C@@H](C)CC)C(=O)N(C)[C@@H](C)C(=O)N2CC[C@H]2C(=O)N(C)[C@@H](C2CCCC2)C(=O)N(C)CC(O)N[C@@H](CCc2ccc(C(F)(F)F)c(Cl)c2)C(=O)N2CCC[C@H]2C(=O)NC2(CCCC2)C(=O)N1C. The summed E-state index contributed by atoms with van der Waals surface area (Å²) in [6.45, 7) is 14.3. The van der Waals surface area contributed by atoms with E-state index in [1.54, 1.807) is 27.8 Å². The highest BCUT2D eigenvalue weighted by Gasteiger charge is 2.51. The normalized spacial score (nSPS) is 29.3. The molecule has 2 aliphatic carbocycles. The Morgan fingerprint density at radius 2 is 1.29 bits per heavy atom. The largest absolute Gasteiger partial charge is 0.417 e. The highest BCUT2D eigenvalue weighted by Crippen LogP contribution is 2.38. The van der Waals surface area contributed by atoms with Crippen molar-refractivity contribution < 1.29 is 66.2 Å². The van der Waals surface area contributed by atoms with E-state index in [1.165, 1.54) is 80.5 Å². The van der Waals surface area contributed by atoms with Crippen LogP contribution in [0.25, 0.3) is 0 Å². The number of fused-ring (bicyclic) bond motifs is 2. The third-order valence-electron chi connectivity index (χ3n) is 20.7. The maximum atomic E-state index is 15.2. The van der Waals surface area contributed by atoms with Crippen LogP contribution in [0.15, 0.2) is 18.2 Å². The second-order valence-electron chi connectivity index (χ2n) is 27.4. The van der Waals surface area contributed by atoms with Gasteiger partial charge in [-0.3, -0.25) is 53.3 Å². The van der Waals surface area contributed by atoms with Crippen LogP contribution in [0, 0.1) is 23.7 Å². The molecule has 26 heteroatoms. The van der Waals surface area contributed by atoms with Crippen molar-refractivity contribution in [2.24, 2.45) is 23.7 Å². The van der Waals surface area contributed by atoms with Crippen LogP contribution in [0.5, 0.6) is 0 Å². The molecule has 3 aliphatic heterocycles. The van der Waals surface area contributed by atoms with Crippen LogP contribution in [0.4, 0.5) is 13.2 Å². The molecule has 6 rings (SSSR count). The molecule has 5 fully saturated rings. The molecular weight excluding hydrogens is 1220 g/mol. The summed E-state index contributed by atoms with van der Waals surface area (Å²) in [5, 5.41) is 20.3. The number of aliphatic hydroxyl groups excluding tert-OH is 1. The van der Waals surface area contributed by atoms with E-state index in [0.717, 1.165) is 25.0 Å². The highest BCUT2D eigenvalue weighted by molar-refractivity contribution is 6.31. The molecule has 2 saturated carbocycles. The molecule has 0 bridgehead atoms. The number of aryl methyl sites for hydroxylation is 1. The van der Waals surface area contributed by atoms with Crippen molar-refractivity contribution >= 4 is 70.7 Å². The molecule has 22 nitrogen and oxygen atoms in total. The standard InChI is InChI=1S/C66H103ClF3N11O11/c1-15-39(5)53-61(89)76(11)42(8)58(86)81-33-29-49(81)60(88)78(13)55(44-22-17-18-23-44)62(90)74(9)37-51(82)71-47(28-26-43-25-27-45(46(67)36-43)66(68,69)70)59(87)80-32-21-24-48(80)57(85)73-65(30-19-20-31-65)64(92)79(14)54(40(6)16-2)63(91)75(10)41(7)35-52(83)77(12)50(34-38(3)4)56(84)72-53/h25,27,36,38-42,44,47-51,53-55,71,82H,15-24,26,28-35,37H2,1-14H3,(H,72,84)(H,73,85)/t39-,40-,41+,42-,47-,48-,49-,50-,51?,53-,54?,55-/m0/s1. The molecule has 3 heterocycles. The van der Waals surface area contributed by atoms with Crippen molar-refractivity contribution in [2.45, 2.75) is 237 Å². The first-order valence-corrected chi connectivity index (χ1v) is 33.6. The van der Waals surface area contributed by atoms with Gasteiger partial charge in [-0.25, -0.2) is 0 Å². The number of nitrogens with zero attached hydrogens (tertiary/aromatic N) is 8. The molecule has 516 valence electrons. The lowest BCUT2D eigenvalue weighted by atomic mass is 9.90. The fourth-order valence-electron chi connectivity index (χ4n) is 14.1. The van der Waals surface area contributed by atoms with Crippen LogP contribution in [0.2, 0.25) is 5.02 Å². The molecule has 2 unspecified atom stereocenters. The Morgan fingerprint density at radius 1 is 0.674 bits per heavy atom. The van der Waals surface area contributed by atoms with Crippen LogP contribution < -0.4 is 16.0 Å². The number of amides is 10. The molecular formula is C66H103ClF3N11O11.